The highest BCUT2D eigenvalue weighted by Crippen LogP contribution is 2.25. The van der Waals surface area contributed by atoms with E-state index >= 15 is 0 Å². The summed E-state index contributed by atoms with van der Waals surface area (Å²) >= 11 is 4.88. The molecule has 0 atom stereocenters. The summed E-state index contributed by atoms with van der Waals surface area (Å²) in [6.07, 6.45) is 3.44. The molecule has 0 saturated carbocycles. The minimum absolute atomic E-state index is 0.000625. The van der Waals surface area contributed by atoms with E-state index in [4.69, 9.17) is 0 Å². The van der Waals surface area contributed by atoms with Gasteiger partial charge in [0.2, 0.25) is 0 Å². The summed E-state index contributed by atoms with van der Waals surface area (Å²) < 4.78 is 2.54. The first-order valence-electron chi connectivity index (χ1n) is 4.96. The molecule has 0 unspecified atom stereocenters. The summed E-state index contributed by atoms with van der Waals surface area (Å²) in [5, 5.41) is 7.91. The van der Waals surface area contributed by atoms with E-state index in [1.807, 2.05) is 35.2 Å². The van der Waals surface area contributed by atoms with E-state index in [2.05, 4.69) is 21.0 Å². The number of carbonyl (C=O) groups is 1. The highest BCUT2D eigenvalue weighted by molar-refractivity contribution is 9.10. The predicted molar refractivity (Wildman–Crippen MR) is 70.6 cm³/mol. The lowest BCUT2D eigenvalue weighted by Crippen LogP contribution is -1.99. The third kappa shape index (κ3) is 1.71. The minimum atomic E-state index is -0.000625. The fourth-order valence-corrected chi connectivity index (χ4v) is 3.15. The Morgan fingerprint density at radius 1 is 1.29 bits per heavy atom. The lowest BCUT2D eigenvalue weighted by molar-refractivity contribution is 0.104. The number of hydrogen-bond acceptors (Lipinski definition) is 3. The van der Waals surface area contributed by atoms with Crippen molar-refractivity contribution in [3.05, 3.63) is 57.0 Å². The molecule has 84 valence electrons. The number of halogens is 1. The maximum atomic E-state index is 12.3. The van der Waals surface area contributed by atoms with Crippen molar-refractivity contribution < 1.29 is 4.79 Å². The zero-order valence-corrected chi connectivity index (χ0v) is 11.0. The van der Waals surface area contributed by atoms with Gasteiger partial charge in [-0.1, -0.05) is 6.07 Å². The molecule has 0 N–H and O–H groups in total. The quantitative estimate of drug-likeness (QED) is 0.680. The van der Waals surface area contributed by atoms with Crippen molar-refractivity contribution in [3.63, 3.8) is 0 Å². The van der Waals surface area contributed by atoms with E-state index < -0.39 is 0 Å². The Bertz CT molecular complexity index is 701. The van der Waals surface area contributed by atoms with Gasteiger partial charge in [-0.3, -0.25) is 4.79 Å². The number of thiophene rings is 1. The predicted octanol–water partition coefficient (Wildman–Crippen LogP) is 3.39. The molecule has 0 radical (unpaired) electrons. The van der Waals surface area contributed by atoms with Crippen LogP contribution in [0.1, 0.15) is 15.9 Å². The number of pyridine rings is 1. The van der Waals surface area contributed by atoms with Gasteiger partial charge in [0.25, 0.3) is 0 Å². The van der Waals surface area contributed by atoms with Crippen LogP contribution >= 0.6 is 27.3 Å². The molecule has 5 heteroatoms. The summed E-state index contributed by atoms with van der Waals surface area (Å²) in [5.74, 6) is -0.000625. The first-order valence-corrected chi connectivity index (χ1v) is 6.70. The van der Waals surface area contributed by atoms with Crippen LogP contribution in [0.3, 0.4) is 0 Å². The molecule has 0 fully saturated rings. The summed E-state index contributed by atoms with van der Waals surface area (Å²) in [7, 11) is 0. The molecule has 3 aromatic rings. The van der Waals surface area contributed by atoms with Crippen LogP contribution in [0.2, 0.25) is 0 Å². The van der Waals surface area contributed by atoms with E-state index in [9.17, 15) is 4.79 Å². The van der Waals surface area contributed by atoms with Crippen LogP contribution < -0.4 is 0 Å². The number of ketones is 1. The number of fused-ring (bicyclic) bond motifs is 1. The maximum Gasteiger partial charge on any atom is 0.198 e. The first-order chi connectivity index (χ1) is 8.27. The van der Waals surface area contributed by atoms with Gasteiger partial charge in [-0.15, -0.1) is 0 Å². The molecule has 3 nitrogen and oxygen atoms in total. The molecule has 0 spiro atoms. The van der Waals surface area contributed by atoms with Gasteiger partial charge >= 0.3 is 0 Å². The zero-order chi connectivity index (χ0) is 11.8. The van der Waals surface area contributed by atoms with Crippen LogP contribution in [-0.2, 0) is 0 Å². The molecule has 0 aliphatic rings. The topological polar surface area (TPSA) is 34.4 Å². The molecular weight excluding hydrogens is 300 g/mol. The van der Waals surface area contributed by atoms with E-state index in [0.29, 0.717) is 11.1 Å². The molecule has 3 aromatic heterocycles. The average Bonchev–Trinajstić information content (AvgIpc) is 2.94. The van der Waals surface area contributed by atoms with Crippen molar-refractivity contribution in [2.24, 2.45) is 0 Å². The van der Waals surface area contributed by atoms with Crippen molar-refractivity contribution in [1.82, 2.24) is 9.61 Å². The zero-order valence-electron chi connectivity index (χ0n) is 8.63. The number of hydrogen-bond donors (Lipinski definition) is 0. The highest BCUT2D eigenvalue weighted by atomic mass is 79.9. The Morgan fingerprint density at radius 3 is 2.94 bits per heavy atom. The number of nitrogens with zero attached hydrogens (tertiary/aromatic N) is 2. The number of rotatable bonds is 2. The Hall–Kier alpha value is -1.46. The van der Waals surface area contributed by atoms with Crippen LogP contribution in [0.15, 0.2) is 45.8 Å². The largest absolute Gasteiger partial charge is 0.288 e. The summed E-state index contributed by atoms with van der Waals surface area (Å²) in [6, 6.07) is 5.67. The van der Waals surface area contributed by atoms with Crippen molar-refractivity contribution in [2.75, 3.05) is 0 Å². The molecular formula is C12H7BrN2OS. The van der Waals surface area contributed by atoms with Gasteiger partial charge in [0, 0.05) is 27.0 Å². The molecule has 0 amide bonds. The minimum Gasteiger partial charge on any atom is -0.288 e. The monoisotopic (exact) mass is 306 g/mol. The molecule has 0 aromatic carbocycles. The van der Waals surface area contributed by atoms with E-state index in [0.717, 1.165) is 9.99 Å². The van der Waals surface area contributed by atoms with E-state index in [-0.39, 0.29) is 5.78 Å². The van der Waals surface area contributed by atoms with Gasteiger partial charge < -0.3 is 0 Å². The molecule has 3 heterocycles. The van der Waals surface area contributed by atoms with Crippen molar-refractivity contribution in [1.29, 1.82) is 0 Å². The van der Waals surface area contributed by atoms with Gasteiger partial charge in [0.05, 0.1) is 17.3 Å². The fraction of sp³-hybridized carbons (Fsp3) is 0. The van der Waals surface area contributed by atoms with Gasteiger partial charge in [-0.05, 0) is 28.1 Å². The van der Waals surface area contributed by atoms with Crippen molar-refractivity contribution in [3.8, 4) is 0 Å². The maximum absolute atomic E-state index is 12.3. The second-order valence-electron chi connectivity index (χ2n) is 3.55. The molecule has 0 aliphatic heterocycles. The first kappa shape index (κ1) is 10.7. The van der Waals surface area contributed by atoms with Crippen LogP contribution in [0.4, 0.5) is 0 Å². The van der Waals surface area contributed by atoms with Crippen LogP contribution in [-0.4, -0.2) is 15.4 Å². The Balaban J connectivity index is 2.17. The lowest BCUT2D eigenvalue weighted by Gasteiger charge is -1.97. The second kappa shape index (κ2) is 4.09. The fourth-order valence-electron chi connectivity index (χ4n) is 1.70. The summed E-state index contributed by atoms with van der Waals surface area (Å²) in [4.78, 5) is 12.3. The third-order valence-electron chi connectivity index (χ3n) is 2.53. The normalized spacial score (nSPS) is 10.9. The summed E-state index contributed by atoms with van der Waals surface area (Å²) in [6.45, 7) is 0. The van der Waals surface area contributed by atoms with E-state index in [1.54, 1.807) is 10.7 Å². The van der Waals surface area contributed by atoms with Crippen LogP contribution in [0.5, 0.6) is 0 Å². The third-order valence-corrected chi connectivity index (χ3v) is 4.23. The molecule has 0 aliphatic carbocycles. The average molecular weight is 307 g/mol. The Kier molecular flexibility index (Phi) is 2.57. The number of carbonyl (C=O) groups excluding carboxylic acids is 1. The smallest absolute Gasteiger partial charge is 0.198 e. The molecule has 3 rings (SSSR count). The van der Waals surface area contributed by atoms with Gasteiger partial charge in [-0.25, -0.2) is 4.52 Å². The van der Waals surface area contributed by atoms with E-state index in [1.165, 1.54) is 11.3 Å². The highest BCUT2D eigenvalue weighted by Gasteiger charge is 2.17. The lowest BCUT2D eigenvalue weighted by atomic mass is 10.1. The van der Waals surface area contributed by atoms with Crippen molar-refractivity contribution >= 4 is 38.6 Å². The van der Waals surface area contributed by atoms with Gasteiger partial charge in [0.1, 0.15) is 0 Å². The summed E-state index contributed by atoms with van der Waals surface area (Å²) in [5.41, 5.74) is 2.15. The van der Waals surface area contributed by atoms with Crippen molar-refractivity contribution in [2.45, 2.75) is 0 Å². The van der Waals surface area contributed by atoms with Crippen LogP contribution in [0.25, 0.3) is 5.52 Å². The van der Waals surface area contributed by atoms with Crippen LogP contribution in [0, 0.1) is 0 Å². The van der Waals surface area contributed by atoms with Gasteiger partial charge in [0.15, 0.2) is 5.78 Å². The molecule has 0 bridgehead atoms. The van der Waals surface area contributed by atoms with Gasteiger partial charge in [-0.2, -0.15) is 16.4 Å². The molecule has 17 heavy (non-hydrogen) atoms. The standard InChI is InChI=1S/C12H7BrN2OS/c13-10-7-17-6-9(10)12(16)8-5-14-15-4-2-1-3-11(8)15/h1-7H. The Labute approximate surface area is 110 Å². The Morgan fingerprint density at radius 2 is 2.18 bits per heavy atom. The molecule has 0 saturated heterocycles. The SMILES string of the molecule is O=C(c1cscc1Br)c1cnn2ccccc12. The second-order valence-corrected chi connectivity index (χ2v) is 5.15. The number of aromatic nitrogens is 2.